The molecular formula is C19H24N2O4. The third-order valence-electron chi connectivity index (χ3n) is 4.48. The summed E-state index contributed by atoms with van der Waals surface area (Å²) in [6.45, 7) is 7.20. The molecule has 134 valence electrons. The molecule has 2 aromatic rings. The molecule has 0 saturated carbocycles. The largest absolute Gasteiger partial charge is 0.508 e. The number of furan rings is 1. The molecule has 1 aliphatic rings. The number of phenols is 1. The van der Waals surface area contributed by atoms with Crippen molar-refractivity contribution in [1.82, 2.24) is 10.2 Å². The van der Waals surface area contributed by atoms with Crippen molar-refractivity contribution >= 4 is 6.03 Å². The summed E-state index contributed by atoms with van der Waals surface area (Å²) in [5, 5.41) is 12.7. The molecule has 1 aliphatic heterocycles. The van der Waals surface area contributed by atoms with Crippen LogP contribution < -0.4 is 5.32 Å². The van der Waals surface area contributed by atoms with Crippen molar-refractivity contribution in [2.45, 2.75) is 32.9 Å². The zero-order chi connectivity index (χ0) is 18.0. The molecule has 0 bridgehead atoms. The molecule has 0 unspecified atom stereocenters. The summed E-state index contributed by atoms with van der Waals surface area (Å²) < 4.78 is 11.3. The molecule has 6 nitrogen and oxygen atoms in total. The summed E-state index contributed by atoms with van der Waals surface area (Å²) in [6.07, 6.45) is -0.236. The summed E-state index contributed by atoms with van der Waals surface area (Å²) >= 11 is 0. The Balaban J connectivity index is 1.65. The maximum atomic E-state index is 12.6. The number of carbonyl (C=O) groups excluding carboxylic acids is 1. The first-order valence-electron chi connectivity index (χ1n) is 8.47. The molecule has 1 saturated heterocycles. The van der Waals surface area contributed by atoms with Gasteiger partial charge in [-0.25, -0.2) is 4.79 Å². The highest BCUT2D eigenvalue weighted by Gasteiger charge is 2.27. The van der Waals surface area contributed by atoms with Crippen LogP contribution >= 0.6 is 0 Å². The summed E-state index contributed by atoms with van der Waals surface area (Å²) in [5.41, 5.74) is 1.86. The topological polar surface area (TPSA) is 74.9 Å². The molecule has 2 atom stereocenters. The third-order valence-corrected chi connectivity index (χ3v) is 4.48. The molecule has 3 rings (SSSR count). The molecule has 1 aromatic heterocycles. The van der Waals surface area contributed by atoms with Gasteiger partial charge >= 0.3 is 6.03 Å². The Morgan fingerprint density at radius 2 is 2.16 bits per heavy atom. The summed E-state index contributed by atoms with van der Waals surface area (Å²) in [5.74, 6) is 1.86. The number of nitrogens with one attached hydrogen (secondary N) is 1. The number of carbonyl (C=O) groups is 1. The number of phenolic OH excluding ortho intramolecular Hbond substituents is 1. The fourth-order valence-corrected chi connectivity index (χ4v) is 3.20. The van der Waals surface area contributed by atoms with Gasteiger partial charge in [-0.3, -0.25) is 0 Å². The number of rotatable bonds is 3. The summed E-state index contributed by atoms with van der Waals surface area (Å²) in [4.78, 5) is 14.4. The molecule has 0 aliphatic carbocycles. The molecule has 25 heavy (non-hydrogen) atoms. The Morgan fingerprint density at radius 1 is 1.36 bits per heavy atom. The number of ether oxygens (including phenoxy) is 1. The van der Waals surface area contributed by atoms with Gasteiger partial charge in [0.05, 0.1) is 19.2 Å². The standard InChI is InChI=1S/C19H24N2O4/c1-12-9-17(14(3)25-12)13(2)20-19(23)21-7-8-24-18(11-21)15-5-4-6-16(22)10-15/h4-6,9-10,13,18,22H,7-8,11H2,1-3H3,(H,20,23)/t13-,18-/m0/s1. The monoisotopic (exact) mass is 344 g/mol. The van der Waals surface area contributed by atoms with Crippen molar-refractivity contribution < 1.29 is 19.1 Å². The van der Waals surface area contributed by atoms with E-state index in [4.69, 9.17) is 9.15 Å². The first-order chi connectivity index (χ1) is 11.9. The van der Waals surface area contributed by atoms with Crippen LogP contribution in [0.5, 0.6) is 5.75 Å². The van der Waals surface area contributed by atoms with Crippen LogP contribution in [0.4, 0.5) is 4.79 Å². The molecular weight excluding hydrogens is 320 g/mol. The Kier molecular flexibility index (Phi) is 4.99. The average molecular weight is 344 g/mol. The Labute approximate surface area is 147 Å². The number of urea groups is 1. The summed E-state index contributed by atoms with van der Waals surface area (Å²) in [6, 6.07) is 8.66. The Bertz CT molecular complexity index is 756. The lowest BCUT2D eigenvalue weighted by Crippen LogP contribution is -2.47. The number of aryl methyl sites for hydroxylation is 2. The van der Waals surface area contributed by atoms with Gasteiger partial charge in [-0.1, -0.05) is 12.1 Å². The molecule has 2 heterocycles. The highest BCUT2D eigenvalue weighted by molar-refractivity contribution is 5.75. The van der Waals surface area contributed by atoms with Crippen LogP contribution in [-0.2, 0) is 4.74 Å². The second-order valence-electron chi connectivity index (χ2n) is 6.44. The quantitative estimate of drug-likeness (QED) is 0.894. The lowest BCUT2D eigenvalue weighted by Gasteiger charge is -2.34. The van der Waals surface area contributed by atoms with E-state index < -0.39 is 0 Å². The van der Waals surface area contributed by atoms with Crippen molar-refractivity contribution in [1.29, 1.82) is 0 Å². The van der Waals surface area contributed by atoms with Crippen molar-refractivity contribution in [2.24, 2.45) is 0 Å². The minimum atomic E-state index is -0.236. The van der Waals surface area contributed by atoms with E-state index >= 15 is 0 Å². The number of nitrogens with zero attached hydrogens (tertiary/aromatic N) is 1. The minimum absolute atomic E-state index is 0.126. The van der Waals surface area contributed by atoms with Crippen LogP contribution in [0, 0.1) is 13.8 Å². The van der Waals surface area contributed by atoms with E-state index in [2.05, 4.69) is 5.32 Å². The maximum Gasteiger partial charge on any atom is 0.318 e. The summed E-state index contributed by atoms with van der Waals surface area (Å²) in [7, 11) is 0. The van der Waals surface area contributed by atoms with Crippen LogP contribution in [0.15, 0.2) is 34.7 Å². The SMILES string of the molecule is Cc1cc([C@H](C)NC(=O)N2CCO[C@H](c3cccc(O)c3)C2)c(C)o1. The number of hydrogen-bond acceptors (Lipinski definition) is 4. The number of morpholine rings is 1. The first kappa shape index (κ1) is 17.4. The van der Waals surface area contributed by atoms with E-state index in [0.29, 0.717) is 19.7 Å². The molecule has 1 fully saturated rings. The number of hydrogen-bond donors (Lipinski definition) is 2. The maximum absolute atomic E-state index is 12.6. The van der Waals surface area contributed by atoms with Gasteiger partial charge in [0.15, 0.2) is 0 Å². The highest BCUT2D eigenvalue weighted by atomic mass is 16.5. The van der Waals surface area contributed by atoms with Gasteiger partial charge in [0, 0.05) is 12.1 Å². The number of benzene rings is 1. The minimum Gasteiger partial charge on any atom is -0.508 e. The molecule has 2 amide bonds. The van der Waals surface area contributed by atoms with E-state index in [1.54, 1.807) is 23.1 Å². The van der Waals surface area contributed by atoms with Gasteiger partial charge in [0.1, 0.15) is 23.4 Å². The molecule has 6 heteroatoms. The van der Waals surface area contributed by atoms with Gasteiger partial charge in [0.2, 0.25) is 0 Å². The van der Waals surface area contributed by atoms with Crippen LogP contribution in [0.1, 0.15) is 41.7 Å². The number of amides is 2. The van der Waals surface area contributed by atoms with Crippen LogP contribution in [0.25, 0.3) is 0 Å². The van der Waals surface area contributed by atoms with Gasteiger partial charge in [-0.05, 0) is 44.5 Å². The number of aromatic hydroxyl groups is 1. The fourth-order valence-electron chi connectivity index (χ4n) is 3.20. The van der Waals surface area contributed by atoms with Crippen LogP contribution in [0.2, 0.25) is 0 Å². The Hall–Kier alpha value is -2.47. The molecule has 2 N–H and O–H groups in total. The van der Waals surface area contributed by atoms with E-state index in [-0.39, 0.29) is 23.9 Å². The van der Waals surface area contributed by atoms with Crippen LogP contribution in [-0.4, -0.2) is 35.7 Å². The zero-order valence-electron chi connectivity index (χ0n) is 14.8. The normalized spacial score (nSPS) is 18.8. The van der Waals surface area contributed by atoms with Gasteiger partial charge < -0.3 is 24.5 Å². The van der Waals surface area contributed by atoms with E-state index in [9.17, 15) is 9.90 Å². The zero-order valence-corrected chi connectivity index (χ0v) is 14.8. The lowest BCUT2D eigenvalue weighted by atomic mass is 10.1. The second kappa shape index (κ2) is 7.19. The third kappa shape index (κ3) is 3.96. The Morgan fingerprint density at radius 3 is 2.84 bits per heavy atom. The average Bonchev–Trinajstić information content (AvgIpc) is 2.93. The van der Waals surface area contributed by atoms with Gasteiger partial charge in [-0.2, -0.15) is 0 Å². The lowest BCUT2D eigenvalue weighted by molar-refractivity contribution is -0.0158. The van der Waals surface area contributed by atoms with Crippen molar-refractivity contribution in [2.75, 3.05) is 19.7 Å². The second-order valence-corrected chi connectivity index (χ2v) is 6.44. The van der Waals surface area contributed by atoms with E-state index in [1.165, 1.54) is 0 Å². The van der Waals surface area contributed by atoms with Gasteiger partial charge in [0.25, 0.3) is 0 Å². The van der Waals surface area contributed by atoms with Crippen molar-refractivity contribution in [3.63, 3.8) is 0 Å². The first-order valence-corrected chi connectivity index (χ1v) is 8.47. The van der Waals surface area contributed by atoms with Crippen molar-refractivity contribution in [3.05, 3.63) is 53.0 Å². The predicted octanol–water partition coefficient (Wildman–Crippen LogP) is 3.45. The smallest absolute Gasteiger partial charge is 0.318 e. The molecule has 0 spiro atoms. The van der Waals surface area contributed by atoms with E-state index in [1.807, 2.05) is 32.9 Å². The van der Waals surface area contributed by atoms with Crippen molar-refractivity contribution in [3.8, 4) is 5.75 Å². The van der Waals surface area contributed by atoms with Gasteiger partial charge in [-0.15, -0.1) is 0 Å². The van der Waals surface area contributed by atoms with E-state index in [0.717, 1.165) is 22.6 Å². The molecule has 0 radical (unpaired) electrons. The van der Waals surface area contributed by atoms with Crippen LogP contribution in [0.3, 0.4) is 0 Å². The highest BCUT2D eigenvalue weighted by Crippen LogP contribution is 2.26. The predicted molar refractivity (Wildman–Crippen MR) is 93.5 cm³/mol. The molecule has 1 aromatic carbocycles. The fraction of sp³-hybridized carbons (Fsp3) is 0.421.